The van der Waals surface area contributed by atoms with Crippen molar-refractivity contribution in [2.45, 2.75) is 19.9 Å². The highest BCUT2D eigenvalue weighted by molar-refractivity contribution is 8.18. The highest BCUT2D eigenvalue weighted by atomic mass is 32.2. The summed E-state index contributed by atoms with van der Waals surface area (Å²) < 4.78 is 1.73. The van der Waals surface area contributed by atoms with E-state index in [1.54, 1.807) is 55.0 Å². The van der Waals surface area contributed by atoms with Crippen molar-refractivity contribution in [3.63, 3.8) is 0 Å². The van der Waals surface area contributed by atoms with Gasteiger partial charge in [-0.05, 0) is 49.9 Å². The van der Waals surface area contributed by atoms with Crippen molar-refractivity contribution >= 4 is 34.7 Å². The van der Waals surface area contributed by atoms with Crippen LogP contribution in [0.25, 0.3) is 11.8 Å². The predicted octanol–water partition coefficient (Wildman–Crippen LogP) is 3.83. The number of hydrogen-bond acceptors (Lipinski definition) is 5. The SMILES string of the molecule is CC(C)N1C(=O)S/C(=C/c2cccn2-c2cccc([N+](=O)[O-])c2)C1=O. The van der Waals surface area contributed by atoms with Crippen LogP contribution in [0.2, 0.25) is 0 Å². The number of aromatic nitrogens is 1. The summed E-state index contributed by atoms with van der Waals surface area (Å²) in [5, 5.41) is 10.7. The molecule has 7 nitrogen and oxygen atoms in total. The molecule has 1 aromatic heterocycles. The van der Waals surface area contributed by atoms with Crippen molar-refractivity contribution < 1.29 is 14.5 Å². The van der Waals surface area contributed by atoms with Crippen LogP contribution in [0.15, 0.2) is 47.5 Å². The highest BCUT2D eigenvalue weighted by Crippen LogP contribution is 2.34. The number of hydrogen-bond donors (Lipinski definition) is 0. The smallest absolute Gasteiger partial charge is 0.293 e. The predicted molar refractivity (Wildman–Crippen MR) is 95.4 cm³/mol. The Morgan fingerprint density at radius 3 is 2.60 bits per heavy atom. The van der Waals surface area contributed by atoms with Crippen molar-refractivity contribution in [2.24, 2.45) is 0 Å². The number of carbonyl (C=O) groups excluding carboxylic acids is 2. The minimum atomic E-state index is -0.458. The summed E-state index contributed by atoms with van der Waals surface area (Å²) in [5.74, 6) is -0.322. The average Bonchev–Trinajstić information content (AvgIpc) is 3.12. The fraction of sp³-hybridized carbons (Fsp3) is 0.176. The number of nitro groups is 1. The van der Waals surface area contributed by atoms with Crippen LogP contribution in [0.1, 0.15) is 19.5 Å². The van der Waals surface area contributed by atoms with E-state index >= 15 is 0 Å². The zero-order valence-corrected chi connectivity index (χ0v) is 14.4. The molecule has 25 heavy (non-hydrogen) atoms. The van der Waals surface area contributed by atoms with Gasteiger partial charge < -0.3 is 4.57 Å². The Kier molecular flexibility index (Phi) is 4.45. The van der Waals surface area contributed by atoms with E-state index < -0.39 is 4.92 Å². The molecule has 1 saturated heterocycles. The second-order valence-electron chi connectivity index (χ2n) is 5.73. The Morgan fingerprint density at radius 1 is 1.20 bits per heavy atom. The molecule has 0 N–H and O–H groups in total. The lowest BCUT2D eigenvalue weighted by atomic mass is 10.2. The topological polar surface area (TPSA) is 85.4 Å². The number of amides is 2. The van der Waals surface area contributed by atoms with Crippen LogP contribution in [0.3, 0.4) is 0 Å². The largest absolute Gasteiger partial charge is 0.317 e. The van der Waals surface area contributed by atoms with Gasteiger partial charge in [0, 0.05) is 30.1 Å². The summed E-state index contributed by atoms with van der Waals surface area (Å²) in [5.41, 5.74) is 1.25. The molecule has 0 atom stereocenters. The summed E-state index contributed by atoms with van der Waals surface area (Å²) in [4.78, 5) is 36.4. The summed E-state index contributed by atoms with van der Waals surface area (Å²) in [6.45, 7) is 3.57. The maximum absolute atomic E-state index is 12.4. The molecule has 0 radical (unpaired) electrons. The average molecular weight is 357 g/mol. The van der Waals surface area contributed by atoms with E-state index in [0.717, 1.165) is 11.8 Å². The van der Waals surface area contributed by atoms with Crippen LogP contribution in [-0.2, 0) is 4.79 Å². The quantitative estimate of drug-likeness (QED) is 0.471. The van der Waals surface area contributed by atoms with Crippen LogP contribution >= 0.6 is 11.8 Å². The summed E-state index contributed by atoms with van der Waals surface area (Å²) in [6, 6.07) is 9.56. The van der Waals surface area contributed by atoms with Crippen molar-refractivity contribution in [3.05, 3.63) is 63.3 Å². The molecule has 1 aliphatic heterocycles. The number of non-ortho nitro benzene ring substituents is 1. The second kappa shape index (κ2) is 6.56. The third-order valence-electron chi connectivity index (χ3n) is 3.72. The first-order valence-electron chi connectivity index (χ1n) is 7.57. The van der Waals surface area contributed by atoms with Crippen LogP contribution < -0.4 is 0 Å². The fourth-order valence-corrected chi connectivity index (χ4v) is 3.51. The van der Waals surface area contributed by atoms with Gasteiger partial charge in [-0.15, -0.1) is 0 Å². The lowest BCUT2D eigenvalue weighted by Crippen LogP contribution is -2.34. The van der Waals surface area contributed by atoms with E-state index in [0.29, 0.717) is 16.3 Å². The van der Waals surface area contributed by atoms with Crippen LogP contribution in [-0.4, -0.2) is 31.6 Å². The minimum absolute atomic E-state index is 0.0164. The molecule has 0 saturated carbocycles. The summed E-state index contributed by atoms with van der Waals surface area (Å²) in [7, 11) is 0. The molecule has 0 unspecified atom stereocenters. The Labute approximate surface area is 148 Å². The van der Waals surface area contributed by atoms with Gasteiger partial charge >= 0.3 is 0 Å². The van der Waals surface area contributed by atoms with Gasteiger partial charge in [0.25, 0.3) is 16.8 Å². The first-order valence-corrected chi connectivity index (χ1v) is 8.39. The number of carbonyl (C=O) groups is 2. The summed E-state index contributed by atoms with van der Waals surface area (Å²) >= 11 is 0.897. The Morgan fingerprint density at radius 2 is 1.96 bits per heavy atom. The molecule has 0 bridgehead atoms. The van der Waals surface area contributed by atoms with E-state index in [1.807, 2.05) is 0 Å². The number of benzene rings is 1. The van der Waals surface area contributed by atoms with Gasteiger partial charge in [0.05, 0.1) is 15.5 Å². The molecule has 2 amide bonds. The number of imide groups is 1. The zero-order valence-electron chi connectivity index (χ0n) is 13.6. The first-order chi connectivity index (χ1) is 11.9. The molecular formula is C17H15N3O4S. The number of thioether (sulfide) groups is 1. The fourth-order valence-electron chi connectivity index (χ4n) is 2.56. The second-order valence-corrected chi connectivity index (χ2v) is 6.72. The van der Waals surface area contributed by atoms with Crippen molar-refractivity contribution in [2.75, 3.05) is 0 Å². The number of nitrogens with zero attached hydrogens (tertiary/aromatic N) is 3. The highest BCUT2D eigenvalue weighted by Gasteiger charge is 2.36. The van der Waals surface area contributed by atoms with Gasteiger partial charge in [0.15, 0.2) is 0 Å². The van der Waals surface area contributed by atoms with E-state index in [9.17, 15) is 19.7 Å². The molecule has 0 spiro atoms. The lowest BCUT2D eigenvalue weighted by Gasteiger charge is -2.16. The van der Waals surface area contributed by atoms with Crippen LogP contribution in [0.5, 0.6) is 0 Å². The molecule has 1 aliphatic rings. The molecule has 1 aromatic carbocycles. The molecule has 8 heteroatoms. The van der Waals surface area contributed by atoms with Crippen molar-refractivity contribution in [3.8, 4) is 5.69 Å². The third kappa shape index (κ3) is 3.20. The van der Waals surface area contributed by atoms with Crippen molar-refractivity contribution in [1.82, 2.24) is 9.47 Å². The van der Waals surface area contributed by atoms with Gasteiger partial charge in [-0.1, -0.05) is 6.07 Å². The third-order valence-corrected chi connectivity index (χ3v) is 4.60. The lowest BCUT2D eigenvalue weighted by molar-refractivity contribution is -0.384. The molecule has 2 heterocycles. The molecule has 1 fully saturated rings. The summed E-state index contributed by atoms with van der Waals surface area (Å²) in [6.07, 6.45) is 3.38. The van der Waals surface area contributed by atoms with Gasteiger partial charge in [0.1, 0.15) is 0 Å². The molecule has 2 aromatic rings. The van der Waals surface area contributed by atoms with Gasteiger partial charge in [-0.25, -0.2) is 0 Å². The maximum Gasteiger partial charge on any atom is 0.293 e. The van der Waals surface area contributed by atoms with E-state index in [4.69, 9.17) is 0 Å². The standard InChI is InChI=1S/C17H15N3O4S/c1-11(2)19-16(21)15(25-17(19)22)10-13-7-4-8-18(13)12-5-3-6-14(9-12)20(23)24/h3-11H,1-2H3/b15-10+. The molecule has 128 valence electrons. The van der Waals surface area contributed by atoms with Crippen LogP contribution in [0, 0.1) is 10.1 Å². The zero-order chi connectivity index (χ0) is 18.1. The van der Waals surface area contributed by atoms with Gasteiger partial charge in [-0.2, -0.15) is 0 Å². The maximum atomic E-state index is 12.4. The molecule has 0 aliphatic carbocycles. The van der Waals surface area contributed by atoms with Gasteiger partial charge in [-0.3, -0.25) is 24.6 Å². The van der Waals surface area contributed by atoms with E-state index in [1.165, 1.54) is 17.0 Å². The van der Waals surface area contributed by atoms with Crippen molar-refractivity contribution in [1.29, 1.82) is 0 Å². The van der Waals surface area contributed by atoms with Gasteiger partial charge in [0.2, 0.25) is 0 Å². The molecule has 3 rings (SSSR count). The number of rotatable bonds is 4. The molecular weight excluding hydrogens is 342 g/mol. The number of nitro benzene ring substituents is 1. The first kappa shape index (κ1) is 17.0. The van der Waals surface area contributed by atoms with E-state index in [-0.39, 0.29) is 22.9 Å². The van der Waals surface area contributed by atoms with Crippen LogP contribution in [0.4, 0.5) is 10.5 Å². The Hall–Kier alpha value is -2.87. The minimum Gasteiger partial charge on any atom is -0.317 e. The Bertz CT molecular complexity index is 901. The Balaban J connectivity index is 1.98. The monoisotopic (exact) mass is 357 g/mol. The van der Waals surface area contributed by atoms with E-state index in [2.05, 4.69) is 0 Å². The normalized spacial score (nSPS) is 16.3.